The summed E-state index contributed by atoms with van der Waals surface area (Å²) in [5.41, 5.74) is 3.07. The minimum Gasteiger partial charge on any atom is -0.467 e. The van der Waals surface area contributed by atoms with Crippen molar-refractivity contribution in [1.82, 2.24) is 25.1 Å². The van der Waals surface area contributed by atoms with Gasteiger partial charge in [0.2, 0.25) is 5.91 Å². The maximum atomic E-state index is 12.9. The van der Waals surface area contributed by atoms with Gasteiger partial charge in [-0.2, -0.15) is 5.10 Å². The number of amides is 1. The van der Waals surface area contributed by atoms with E-state index in [1.54, 1.807) is 23.0 Å². The average molecular weight is 471 g/mol. The Morgan fingerprint density at radius 3 is 2.88 bits per heavy atom. The van der Waals surface area contributed by atoms with Gasteiger partial charge in [-0.05, 0) is 50.1 Å². The fraction of sp³-hybridized carbons (Fsp3) is 0.273. The number of nitrogens with one attached hydrogen (secondary N) is 3. The molecule has 4 aromatic rings. The number of rotatable bonds is 7. The predicted octanol–water partition coefficient (Wildman–Crippen LogP) is 4.28. The van der Waals surface area contributed by atoms with Crippen molar-refractivity contribution in [3.63, 3.8) is 0 Å². The minimum atomic E-state index is -0.415. The number of carbonyl (C=O) groups excluding carboxylic acids is 1. The van der Waals surface area contributed by atoms with E-state index in [4.69, 9.17) is 21.4 Å². The Kier molecular flexibility index (Phi) is 6.38. The number of aryl methyl sites for hydroxylation is 2. The second kappa shape index (κ2) is 9.22. The number of carbonyl (C=O) groups is 1. The zero-order valence-electron chi connectivity index (χ0n) is 17.9. The first-order valence-electron chi connectivity index (χ1n) is 10.1. The molecule has 0 aliphatic heterocycles. The molecular formula is C22H23ClN6O2S. The zero-order valence-corrected chi connectivity index (χ0v) is 19.5. The summed E-state index contributed by atoms with van der Waals surface area (Å²) >= 11 is 7.67. The summed E-state index contributed by atoms with van der Waals surface area (Å²) in [6, 6.07) is 9.19. The second-order valence-electron chi connectivity index (χ2n) is 7.37. The van der Waals surface area contributed by atoms with E-state index >= 15 is 0 Å². The Morgan fingerprint density at radius 1 is 1.38 bits per heavy atom. The smallest absolute Gasteiger partial charge is 0.233 e. The van der Waals surface area contributed by atoms with Gasteiger partial charge in [-0.25, -0.2) is 4.98 Å². The third-order valence-corrected chi connectivity index (χ3v) is 6.85. The van der Waals surface area contributed by atoms with E-state index in [2.05, 4.69) is 20.5 Å². The largest absolute Gasteiger partial charge is 0.467 e. The fourth-order valence-corrected chi connectivity index (χ4v) is 4.55. The van der Waals surface area contributed by atoms with Crippen LogP contribution in [0, 0.1) is 19.3 Å². The molecule has 10 heteroatoms. The molecule has 0 aliphatic rings. The van der Waals surface area contributed by atoms with Gasteiger partial charge in [0.1, 0.15) is 11.2 Å². The highest BCUT2D eigenvalue weighted by Gasteiger charge is 2.23. The molecule has 1 amide bonds. The Hall–Kier alpha value is -3.04. The molecule has 4 rings (SSSR count). The molecule has 0 aliphatic carbocycles. The first-order valence-corrected chi connectivity index (χ1v) is 11.4. The van der Waals surface area contributed by atoms with Crippen molar-refractivity contribution in [2.45, 2.75) is 44.1 Å². The van der Waals surface area contributed by atoms with E-state index in [1.807, 2.05) is 39.0 Å². The second-order valence-corrected chi connectivity index (χ2v) is 8.95. The maximum absolute atomic E-state index is 12.9. The lowest BCUT2D eigenvalue weighted by molar-refractivity contribution is -0.120. The molecule has 1 aromatic carbocycles. The van der Waals surface area contributed by atoms with Gasteiger partial charge in [-0.1, -0.05) is 36.4 Å². The van der Waals surface area contributed by atoms with E-state index < -0.39 is 5.25 Å². The van der Waals surface area contributed by atoms with Crippen molar-refractivity contribution in [1.29, 1.82) is 5.41 Å². The number of H-pyrrole nitrogens is 1. The number of nitrogens with zero attached hydrogens (tertiary/aromatic N) is 3. The maximum Gasteiger partial charge on any atom is 0.233 e. The Balaban J connectivity index is 1.74. The van der Waals surface area contributed by atoms with Gasteiger partial charge >= 0.3 is 0 Å². The third kappa shape index (κ3) is 4.31. The number of aromatic nitrogens is 4. The molecule has 1 atom stereocenters. The predicted molar refractivity (Wildman–Crippen MR) is 124 cm³/mol. The summed E-state index contributed by atoms with van der Waals surface area (Å²) in [4.78, 5) is 17.6. The lowest BCUT2D eigenvalue weighted by Crippen LogP contribution is -2.32. The first kappa shape index (κ1) is 22.2. The van der Waals surface area contributed by atoms with Crippen molar-refractivity contribution < 1.29 is 9.21 Å². The van der Waals surface area contributed by atoms with Crippen LogP contribution in [0.3, 0.4) is 0 Å². The van der Waals surface area contributed by atoms with Crippen LogP contribution in [0.15, 0.2) is 46.2 Å². The van der Waals surface area contributed by atoms with Gasteiger partial charge in [0.05, 0.1) is 29.1 Å². The summed E-state index contributed by atoms with van der Waals surface area (Å²) in [6.07, 6.45) is 2.15. The topological polar surface area (TPSA) is 113 Å². The van der Waals surface area contributed by atoms with Gasteiger partial charge in [0, 0.05) is 10.7 Å². The van der Waals surface area contributed by atoms with E-state index in [-0.39, 0.29) is 11.4 Å². The van der Waals surface area contributed by atoms with Crippen LogP contribution in [0.1, 0.15) is 30.4 Å². The van der Waals surface area contributed by atoms with Crippen LogP contribution in [0.4, 0.5) is 0 Å². The molecular weight excluding hydrogens is 448 g/mol. The number of aromatic amines is 1. The standard InChI is InChI=1S/C22H23ClN6O2S/c1-4-17(21(30)25-11-15-6-5-9-31-15)32-22-26-20-18(13(3)27-28-20)19(24)29(22)14-8-7-12(2)16(23)10-14/h5-10,17,24H,4,11H2,1-3H3,(H,25,30)(H,27,28)/t17-/m1/s1. The molecule has 0 saturated carbocycles. The Bertz CT molecular complexity index is 1330. The number of furan rings is 1. The zero-order chi connectivity index (χ0) is 22.8. The molecule has 0 radical (unpaired) electrons. The monoisotopic (exact) mass is 470 g/mol. The molecule has 0 fully saturated rings. The van der Waals surface area contributed by atoms with E-state index in [0.717, 1.165) is 11.3 Å². The molecule has 3 N–H and O–H groups in total. The van der Waals surface area contributed by atoms with Crippen molar-refractivity contribution in [3.05, 3.63) is 64.1 Å². The van der Waals surface area contributed by atoms with Gasteiger partial charge in [0.25, 0.3) is 0 Å². The molecule has 8 nitrogen and oxygen atoms in total. The van der Waals surface area contributed by atoms with Gasteiger partial charge < -0.3 is 9.73 Å². The van der Waals surface area contributed by atoms with Crippen molar-refractivity contribution in [2.24, 2.45) is 0 Å². The molecule has 0 spiro atoms. The van der Waals surface area contributed by atoms with Crippen LogP contribution >= 0.6 is 23.4 Å². The molecule has 166 valence electrons. The Morgan fingerprint density at radius 2 is 2.19 bits per heavy atom. The van der Waals surface area contributed by atoms with Crippen LogP contribution in [0.2, 0.25) is 5.02 Å². The number of benzene rings is 1. The summed E-state index contributed by atoms with van der Waals surface area (Å²) in [7, 11) is 0. The number of fused-ring (bicyclic) bond motifs is 1. The van der Waals surface area contributed by atoms with Gasteiger partial charge in [-0.15, -0.1) is 0 Å². The molecule has 3 aromatic heterocycles. The van der Waals surface area contributed by atoms with Gasteiger partial charge in [-0.3, -0.25) is 19.9 Å². The summed E-state index contributed by atoms with van der Waals surface area (Å²) < 4.78 is 7.00. The lowest BCUT2D eigenvalue weighted by Gasteiger charge is -2.18. The van der Waals surface area contributed by atoms with Crippen LogP contribution in [-0.4, -0.2) is 30.9 Å². The van der Waals surface area contributed by atoms with E-state index in [9.17, 15) is 4.79 Å². The highest BCUT2D eigenvalue weighted by Crippen LogP contribution is 2.28. The third-order valence-electron chi connectivity index (χ3n) is 5.12. The first-order chi connectivity index (χ1) is 15.4. The molecule has 0 bridgehead atoms. The number of hydrogen-bond acceptors (Lipinski definition) is 6. The molecule has 0 unspecified atom stereocenters. The van der Waals surface area contributed by atoms with E-state index in [1.165, 1.54) is 11.8 Å². The highest BCUT2D eigenvalue weighted by molar-refractivity contribution is 8.00. The Labute approximate surface area is 193 Å². The normalized spacial score (nSPS) is 12.2. The number of thioether (sulfide) groups is 1. The molecule has 32 heavy (non-hydrogen) atoms. The van der Waals surface area contributed by atoms with Crippen LogP contribution in [-0.2, 0) is 11.3 Å². The van der Waals surface area contributed by atoms with Crippen LogP contribution in [0.25, 0.3) is 16.7 Å². The van der Waals surface area contributed by atoms with Crippen LogP contribution < -0.4 is 10.8 Å². The van der Waals surface area contributed by atoms with Crippen molar-refractivity contribution in [2.75, 3.05) is 0 Å². The average Bonchev–Trinajstić information content (AvgIpc) is 3.42. The highest BCUT2D eigenvalue weighted by atomic mass is 35.5. The minimum absolute atomic E-state index is 0.131. The lowest BCUT2D eigenvalue weighted by atomic mass is 10.2. The summed E-state index contributed by atoms with van der Waals surface area (Å²) in [5, 5.41) is 20.2. The number of hydrogen-bond donors (Lipinski definition) is 3. The van der Waals surface area contributed by atoms with Crippen molar-refractivity contribution in [3.8, 4) is 5.69 Å². The summed E-state index contributed by atoms with van der Waals surface area (Å²) in [5.74, 6) is 0.552. The number of halogens is 1. The summed E-state index contributed by atoms with van der Waals surface area (Å²) in [6.45, 7) is 6.03. The molecule has 0 saturated heterocycles. The van der Waals surface area contributed by atoms with Crippen molar-refractivity contribution >= 4 is 40.3 Å². The quantitative estimate of drug-likeness (QED) is 0.275. The van der Waals surface area contributed by atoms with E-state index in [0.29, 0.717) is 45.6 Å². The van der Waals surface area contributed by atoms with Crippen LogP contribution in [0.5, 0.6) is 0 Å². The van der Waals surface area contributed by atoms with Gasteiger partial charge in [0.15, 0.2) is 10.8 Å². The fourth-order valence-electron chi connectivity index (χ4n) is 3.32. The molecule has 3 heterocycles. The SMILES string of the molecule is CC[C@@H](Sc1nc2n[nH]c(C)c2c(=N)n1-c1ccc(C)c(Cl)c1)C(=O)NCc1ccco1.